The van der Waals surface area contributed by atoms with Gasteiger partial charge in [-0.25, -0.2) is 14.2 Å². The third-order valence-electron chi connectivity index (χ3n) is 2.37. The summed E-state index contributed by atoms with van der Waals surface area (Å²) in [5.41, 5.74) is 5.28. The van der Waals surface area contributed by atoms with Gasteiger partial charge in [0.25, 0.3) is 5.69 Å². The van der Waals surface area contributed by atoms with Crippen molar-refractivity contribution < 1.29 is 18.8 Å². The maximum Gasteiger partial charge on any atom is 0.359 e. The van der Waals surface area contributed by atoms with Crippen LogP contribution in [0.1, 0.15) is 10.5 Å². The second-order valence-electron chi connectivity index (χ2n) is 3.68. The fourth-order valence-electron chi connectivity index (χ4n) is 1.50. The number of hydrogen-bond acceptors (Lipinski definition) is 7. The first-order chi connectivity index (χ1) is 9.42. The van der Waals surface area contributed by atoms with Crippen molar-refractivity contribution >= 4 is 28.0 Å². The third kappa shape index (κ3) is 2.57. The van der Waals surface area contributed by atoms with Gasteiger partial charge in [0.2, 0.25) is 0 Å². The Morgan fingerprint density at radius 3 is 2.80 bits per heavy atom. The summed E-state index contributed by atoms with van der Waals surface area (Å²) in [4.78, 5) is 25.3. The predicted octanol–water partition coefficient (Wildman–Crippen LogP) is 2.23. The molecule has 20 heavy (non-hydrogen) atoms. The van der Waals surface area contributed by atoms with Crippen LogP contribution in [0.4, 0.5) is 15.1 Å². The first-order valence-corrected chi connectivity index (χ1v) is 6.04. The Kier molecular flexibility index (Phi) is 3.61. The molecule has 9 heteroatoms. The minimum Gasteiger partial charge on any atom is -0.464 e. The summed E-state index contributed by atoms with van der Waals surface area (Å²) in [6.07, 6.45) is 0. The molecule has 0 aliphatic rings. The van der Waals surface area contributed by atoms with Crippen LogP contribution in [0.3, 0.4) is 0 Å². The van der Waals surface area contributed by atoms with Crippen molar-refractivity contribution in [3.63, 3.8) is 0 Å². The molecule has 2 rings (SSSR count). The van der Waals surface area contributed by atoms with E-state index in [2.05, 4.69) is 9.72 Å². The van der Waals surface area contributed by atoms with E-state index in [1.165, 1.54) is 7.11 Å². The SMILES string of the molecule is COC(=O)c1nc(-c2cc(F)cc([N+](=O)[O-])c2)sc1N. The lowest BCUT2D eigenvalue weighted by atomic mass is 10.2. The normalized spacial score (nSPS) is 10.3. The zero-order valence-electron chi connectivity index (χ0n) is 10.1. The van der Waals surface area contributed by atoms with Crippen LogP contribution in [-0.4, -0.2) is 23.0 Å². The van der Waals surface area contributed by atoms with E-state index in [-0.39, 0.29) is 21.3 Å². The second kappa shape index (κ2) is 5.21. The average Bonchev–Trinajstić information content (AvgIpc) is 2.79. The molecule has 0 aliphatic carbocycles. The maximum atomic E-state index is 13.4. The van der Waals surface area contributed by atoms with Crippen LogP contribution in [0.2, 0.25) is 0 Å². The van der Waals surface area contributed by atoms with E-state index in [1.54, 1.807) is 0 Å². The van der Waals surface area contributed by atoms with Crippen molar-refractivity contribution in [1.82, 2.24) is 4.98 Å². The van der Waals surface area contributed by atoms with Gasteiger partial charge in [-0.3, -0.25) is 10.1 Å². The molecule has 104 valence electrons. The largest absolute Gasteiger partial charge is 0.464 e. The molecular formula is C11H8FN3O4S. The highest BCUT2D eigenvalue weighted by Crippen LogP contribution is 2.32. The first-order valence-electron chi connectivity index (χ1n) is 5.22. The Bertz CT molecular complexity index is 701. The molecule has 1 aromatic heterocycles. The van der Waals surface area contributed by atoms with Crippen LogP contribution < -0.4 is 5.73 Å². The molecule has 2 N–H and O–H groups in total. The van der Waals surface area contributed by atoms with Gasteiger partial charge in [-0.15, -0.1) is 0 Å². The zero-order chi connectivity index (χ0) is 14.9. The van der Waals surface area contributed by atoms with Crippen LogP contribution in [0.15, 0.2) is 18.2 Å². The standard InChI is InChI=1S/C11H8FN3O4S/c1-19-11(16)8-9(13)20-10(14-8)5-2-6(12)4-7(3-5)15(17)18/h2-4H,13H2,1H3. The van der Waals surface area contributed by atoms with Gasteiger partial charge >= 0.3 is 5.97 Å². The lowest BCUT2D eigenvalue weighted by Gasteiger charge is -1.97. The van der Waals surface area contributed by atoms with E-state index in [4.69, 9.17) is 5.73 Å². The number of thiazole rings is 1. The summed E-state index contributed by atoms with van der Waals surface area (Å²) >= 11 is 0.917. The third-order valence-corrected chi connectivity index (χ3v) is 3.31. The average molecular weight is 297 g/mol. The number of non-ortho nitro benzene ring substituents is 1. The molecule has 0 fully saturated rings. The smallest absolute Gasteiger partial charge is 0.359 e. The van der Waals surface area contributed by atoms with Crippen molar-refractivity contribution in [2.45, 2.75) is 0 Å². The highest BCUT2D eigenvalue weighted by atomic mass is 32.1. The van der Waals surface area contributed by atoms with E-state index in [1.807, 2.05) is 0 Å². The molecule has 0 radical (unpaired) electrons. The number of halogens is 1. The monoisotopic (exact) mass is 297 g/mol. The van der Waals surface area contributed by atoms with Gasteiger partial charge in [-0.05, 0) is 6.07 Å². The van der Waals surface area contributed by atoms with Gasteiger partial charge in [0.15, 0.2) is 5.69 Å². The number of benzene rings is 1. The van der Waals surface area contributed by atoms with Crippen LogP contribution in [0.5, 0.6) is 0 Å². The molecular weight excluding hydrogens is 289 g/mol. The Labute approximate surface area is 116 Å². The number of nitrogen functional groups attached to an aromatic ring is 1. The molecule has 0 amide bonds. The van der Waals surface area contributed by atoms with Crippen molar-refractivity contribution in [2.24, 2.45) is 0 Å². The van der Waals surface area contributed by atoms with Gasteiger partial charge in [0, 0.05) is 11.6 Å². The maximum absolute atomic E-state index is 13.4. The number of anilines is 1. The van der Waals surface area contributed by atoms with Crippen molar-refractivity contribution in [3.05, 3.63) is 39.8 Å². The van der Waals surface area contributed by atoms with Crippen molar-refractivity contribution in [1.29, 1.82) is 0 Å². The number of hydrogen-bond donors (Lipinski definition) is 1. The Morgan fingerprint density at radius 2 is 2.20 bits per heavy atom. The molecule has 0 saturated heterocycles. The number of ether oxygens (including phenoxy) is 1. The number of nitro benzene ring substituents is 1. The minimum atomic E-state index is -0.775. The Hall–Kier alpha value is -2.55. The Morgan fingerprint density at radius 1 is 1.50 bits per heavy atom. The topological polar surface area (TPSA) is 108 Å². The van der Waals surface area contributed by atoms with Crippen molar-refractivity contribution in [3.8, 4) is 10.6 Å². The van der Waals surface area contributed by atoms with E-state index in [0.29, 0.717) is 0 Å². The second-order valence-corrected chi connectivity index (χ2v) is 4.71. The number of carbonyl (C=O) groups excluding carboxylic acids is 1. The molecule has 0 unspecified atom stereocenters. The Balaban J connectivity index is 2.52. The predicted molar refractivity (Wildman–Crippen MR) is 69.9 cm³/mol. The quantitative estimate of drug-likeness (QED) is 0.528. The van der Waals surface area contributed by atoms with Gasteiger partial charge in [0.1, 0.15) is 15.8 Å². The molecule has 1 heterocycles. The highest BCUT2D eigenvalue weighted by molar-refractivity contribution is 7.19. The van der Waals surface area contributed by atoms with E-state index in [0.717, 1.165) is 29.5 Å². The summed E-state index contributed by atoms with van der Waals surface area (Å²) in [5.74, 6) is -1.50. The fourth-order valence-corrected chi connectivity index (χ4v) is 2.31. The molecule has 0 aliphatic heterocycles. The van der Waals surface area contributed by atoms with E-state index < -0.39 is 22.4 Å². The molecule has 0 atom stereocenters. The van der Waals surface area contributed by atoms with Gasteiger partial charge in [-0.2, -0.15) is 0 Å². The number of nitrogens with two attached hydrogens (primary N) is 1. The van der Waals surface area contributed by atoms with Crippen LogP contribution in [0.25, 0.3) is 10.6 Å². The van der Waals surface area contributed by atoms with Crippen LogP contribution in [-0.2, 0) is 4.74 Å². The summed E-state index contributed by atoms with van der Waals surface area (Å²) in [5, 5.41) is 11.0. The number of esters is 1. The molecule has 0 saturated carbocycles. The van der Waals surface area contributed by atoms with Gasteiger partial charge < -0.3 is 10.5 Å². The van der Waals surface area contributed by atoms with Crippen molar-refractivity contribution in [2.75, 3.05) is 12.8 Å². The van der Waals surface area contributed by atoms with Gasteiger partial charge in [-0.1, -0.05) is 11.3 Å². The van der Waals surface area contributed by atoms with Gasteiger partial charge in [0.05, 0.1) is 18.1 Å². The fraction of sp³-hybridized carbons (Fsp3) is 0.0909. The summed E-state index contributed by atoms with van der Waals surface area (Å²) in [6.45, 7) is 0. The lowest BCUT2D eigenvalue weighted by Crippen LogP contribution is -2.04. The summed E-state index contributed by atoms with van der Waals surface area (Å²) in [7, 11) is 1.17. The number of aromatic nitrogens is 1. The molecule has 0 bridgehead atoms. The lowest BCUT2D eigenvalue weighted by molar-refractivity contribution is -0.385. The molecule has 0 spiro atoms. The highest BCUT2D eigenvalue weighted by Gasteiger charge is 2.19. The minimum absolute atomic E-state index is 0.0961. The first kappa shape index (κ1) is 13.9. The summed E-state index contributed by atoms with van der Waals surface area (Å²) in [6, 6.07) is 3.02. The van der Waals surface area contributed by atoms with E-state index in [9.17, 15) is 19.3 Å². The number of nitro groups is 1. The van der Waals surface area contributed by atoms with Crippen LogP contribution >= 0.6 is 11.3 Å². The molecule has 1 aromatic carbocycles. The summed E-state index contributed by atoms with van der Waals surface area (Å²) < 4.78 is 17.9. The number of nitrogens with zero attached hydrogens (tertiary/aromatic N) is 2. The molecule has 7 nitrogen and oxygen atoms in total. The number of rotatable bonds is 3. The van der Waals surface area contributed by atoms with Crippen LogP contribution in [0, 0.1) is 15.9 Å². The number of carbonyl (C=O) groups is 1. The molecule has 2 aromatic rings. The zero-order valence-corrected chi connectivity index (χ0v) is 10.9. The number of methoxy groups -OCH3 is 1. The van der Waals surface area contributed by atoms with E-state index >= 15 is 0 Å².